The molecule has 1 aromatic heterocycles. The quantitative estimate of drug-likeness (QED) is 0.844. The Balaban J connectivity index is 1.58. The van der Waals surface area contributed by atoms with E-state index in [0.29, 0.717) is 56.0 Å². The lowest BCUT2D eigenvalue weighted by molar-refractivity contribution is -0.132. The topological polar surface area (TPSA) is 91.9 Å². The number of fused-ring (bicyclic) bond motifs is 1. The van der Waals surface area contributed by atoms with Crippen molar-refractivity contribution < 1.29 is 19.1 Å². The first kappa shape index (κ1) is 19.7. The second-order valence-corrected chi connectivity index (χ2v) is 6.64. The SMILES string of the molecule is CCOC(=O)N1CCN(C(=O)CCc2cc3ccc(OC)cc3[nH]c2=O)CC1. The molecule has 1 aromatic carbocycles. The molecule has 1 aliphatic rings. The van der Waals surface area contributed by atoms with Gasteiger partial charge in [0.1, 0.15) is 5.75 Å². The summed E-state index contributed by atoms with van der Waals surface area (Å²) in [5.74, 6) is 0.658. The smallest absolute Gasteiger partial charge is 0.409 e. The Morgan fingerprint density at radius 3 is 2.50 bits per heavy atom. The number of amides is 2. The number of piperazine rings is 1. The molecule has 0 saturated carbocycles. The van der Waals surface area contributed by atoms with Gasteiger partial charge in [-0.25, -0.2) is 4.79 Å². The minimum absolute atomic E-state index is 0.0160. The van der Waals surface area contributed by atoms with E-state index >= 15 is 0 Å². The number of aromatic amines is 1. The van der Waals surface area contributed by atoms with E-state index < -0.39 is 0 Å². The summed E-state index contributed by atoms with van der Waals surface area (Å²) in [6.45, 7) is 3.98. The lowest BCUT2D eigenvalue weighted by atomic mass is 10.1. The van der Waals surface area contributed by atoms with Crippen molar-refractivity contribution in [2.45, 2.75) is 19.8 Å². The van der Waals surface area contributed by atoms with Crippen LogP contribution in [0.1, 0.15) is 18.9 Å². The molecule has 0 atom stereocenters. The van der Waals surface area contributed by atoms with Crippen LogP contribution in [-0.4, -0.2) is 66.7 Å². The second-order valence-electron chi connectivity index (χ2n) is 6.64. The Morgan fingerprint density at radius 2 is 1.82 bits per heavy atom. The van der Waals surface area contributed by atoms with E-state index in [4.69, 9.17) is 9.47 Å². The Hall–Kier alpha value is -3.03. The largest absolute Gasteiger partial charge is 0.497 e. The second kappa shape index (κ2) is 8.77. The van der Waals surface area contributed by atoms with Crippen molar-refractivity contribution >= 4 is 22.9 Å². The van der Waals surface area contributed by atoms with E-state index in [1.165, 1.54) is 0 Å². The van der Waals surface area contributed by atoms with Crippen molar-refractivity contribution in [1.82, 2.24) is 14.8 Å². The molecule has 0 unspecified atom stereocenters. The highest BCUT2D eigenvalue weighted by Gasteiger charge is 2.24. The number of rotatable bonds is 5. The normalized spacial score (nSPS) is 14.2. The molecule has 0 aliphatic carbocycles. The van der Waals surface area contributed by atoms with Gasteiger partial charge in [0.15, 0.2) is 0 Å². The highest BCUT2D eigenvalue weighted by atomic mass is 16.6. The molecule has 1 fully saturated rings. The predicted octanol–water partition coefficient (Wildman–Crippen LogP) is 1.77. The number of aryl methyl sites for hydroxylation is 1. The first-order valence-electron chi connectivity index (χ1n) is 9.41. The summed E-state index contributed by atoms with van der Waals surface area (Å²) < 4.78 is 10.2. The number of benzene rings is 1. The maximum Gasteiger partial charge on any atom is 0.409 e. The van der Waals surface area contributed by atoms with E-state index in [1.54, 1.807) is 29.9 Å². The summed E-state index contributed by atoms with van der Waals surface area (Å²) in [6, 6.07) is 7.30. The number of nitrogens with zero attached hydrogens (tertiary/aromatic N) is 2. The first-order valence-corrected chi connectivity index (χ1v) is 9.41. The lowest BCUT2D eigenvalue weighted by Gasteiger charge is -2.34. The van der Waals surface area contributed by atoms with Crippen LogP contribution in [0.4, 0.5) is 4.79 Å². The Morgan fingerprint density at radius 1 is 1.11 bits per heavy atom. The van der Waals surface area contributed by atoms with Crippen LogP contribution in [0.25, 0.3) is 10.9 Å². The number of methoxy groups -OCH3 is 1. The Kier molecular flexibility index (Phi) is 6.18. The number of nitrogens with one attached hydrogen (secondary N) is 1. The predicted molar refractivity (Wildman–Crippen MR) is 105 cm³/mol. The maximum absolute atomic E-state index is 12.5. The minimum atomic E-state index is -0.339. The van der Waals surface area contributed by atoms with E-state index in [9.17, 15) is 14.4 Å². The number of pyridine rings is 1. The van der Waals surface area contributed by atoms with E-state index in [-0.39, 0.29) is 24.0 Å². The van der Waals surface area contributed by atoms with E-state index in [2.05, 4.69) is 4.98 Å². The molecule has 150 valence electrons. The molecule has 0 bridgehead atoms. The van der Waals surface area contributed by atoms with Crippen LogP contribution in [0.3, 0.4) is 0 Å². The number of hydrogen-bond acceptors (Lipinski definition) is 5. The van der Waals surface area contributed by atoms with Gasteiger partial charge in [0, 0.05) is 44.2 Å². The number of hydrogen-bond donors (Lipinski definition) is 1. The van der Waals surface area contributed by atoms with Crippen LogP contribution in [0.5, 0.6) is 5.75 Å². The van der Waals surface area contributed by atoms with Gasteiger partial charge in [-0.3, -0.25) is 9.59 Å². The molecular formula is C20H25N3O5. The first-order chi connectivity index (χ1) is 13.5. The Labute approximate surface area is 163 Å². The molecule has 1 N–H and O–H groups in total. The number of ether oxygens (including phenoxy) is 2. The highest BCUT2D eigenvalue weighted by molar-refractivity contribution is 5.81. The maximum atomic E-state index is 12.5. The Bertz CT molecular complexity index is 916. The van der Waals surface area contributed by atoms with Crippen molar-refractivity contribution in [3.05, 3.63) is 40.2 Å². The van der Waals surface area contributed by atoms with Gasteiger partial charge >= 0.3 is 6.09 Å². The molecule has 8 heteroatoms. The fourth-order valence-corrected chi connectivity index (χ4v) is 3.29. The molecule has 0 radical (unpaired) electrons. The molecule has 1 saturated heterocycles. The van der Waals surface area contributed by atoms with Gasteiger partial charge < -0.3 is 24.3 Å². The standard InChI is InChI=1S/C20H25N3O5/c1-3-28-20(26)23-10-8-22(9-11-23)18(24)7-5-15-12-14-4-6-16(27-2)13-17(14)21-19(15)25/h4,6,12-13H,3,5,7-11H2,1-2H3,(H,21,25). The van der Waals surface area contributed by atoms with Crippen LogP contribution in [0, 0.1) is 0 Å². The zero-order valence-electron chi connectivity index (χ0n) is 16.2. The van der Waals surface area contributed by atoms with Crippen molar-refractivity contribution in [3.63, 3.8) is 0 Å². The van der Waals surface area contributed by atoms with Crippen molar-refractivity contribution in [3.8, 4) is 5.75 Å². The third-order valence-electron chi connectivity index (χ3n) is 4.90. The van der Waals surface area contributed by atoms with Gasteiger partial charge in [0.25, 0.3) is 5.56 Å². The summed E-state index contributed by atoms with van der Waals surface area (Å²) in [5.41, 5.74) is 1.09. The average molecular weight is 387 g/mol. The van der Waals surface area contributed by atoms with Crippen LogP contribution >= 0.6 is 0 Å². The third kappa shape index (κ3) is 4.44. The highest BCUT2D eigenvalue weighted by Crippen LogP contribution is 2.19. The van der Waals surface area contributed by atoms with Gasteiger partial charge in [-0.05, 0) is 36.9 Å². The number of carbonyl (C=O) groups excluding carboxylic acids is 2. The van der Waals surface area contributed by atoms with Crippen molar-refractivity contribution in [2.75, 3.05) is 39.9 Å². The minimum Gasteiger partial charge on any atom is -0.497 e. The molecule has 2 heterocycles. The summed E-state index contributed by atoms with van der Waals surface area (Å²) >= 11 is 0. The van der Waals surface area contributed by atoms with Crippen molar-refractivity contribution in [1.29, 1.82) is 0 Å². The van der Waals surface area contributed by atoms with Gasteiger partial charge in [-0.2, -0.15) is 0 Å². The van der Waals surface area contributed by atoms with Crippen LogP contribution < -0.4 is 10.3 Å². The zero-order valence-corrected chi connectivity index (χ0v) is 16.2. The molecule has 3 rings (SSSR count). The molecule has 8 nitrogen and oxygen atoms in total. The van der Waals surface area contributed by atoms with E-state index in [0.717, 1.165) is 5.39 Å². The molecule has 2 amide bonds. The van der Waals surface area contributed by atoms with Gasteiger partial charge in [-0.1, -0.05) is 0 Å². The molecule has 1 aliphatic heterocycles. The zero-order chi connectivity index (χ0) is 20.1. The van der Waals surface area contributed by atoms with Crippen molar-refractivity contribution in [2.24, 2.45) is 0 Å². The summed E-state index contributed by atoms with van der Waals surface area (Å²) in [7, 11) is 1.58. The monoisotopic (exact) mass is 387 g/mol. The molecular weight excluding hydrogens is 362 g/mol. The van der Waals surface area contributed by atoms with Crippen LogP contribution in [-0.2, 0) is 16.0 Å². The fraction of sp³-hybridized carbons (Fsp3) is 0.450. The number of H-pyrrole nitrogens is 1. The van der Waals surface area contributed by atoms with Gasteiger partial charge in [-0.15, -0.1) is 0 Å². The lowest BCUT2D eigenvalue weighted by Crippen LogP contribution is -2.50. The molecule has 28 heavy (non-hydrogen) atoms. The average Bonchev–Trinajstić information content (AvgIpc) is 2.71. The third-order valence-corrected chi connectivity index (χ3v) is 4.90. The number of carbonyl (C=O) groups is 2. The summed E-state index contributed by atoms with van der Waals surface area (Å²) in [6.07, 6.45) is 0.284. The van der Waals surface area contributed by atoms with Gasteiger partial charge in [0.05, 0.1) is 19.2 Å². The number of aromatic nitrogens is 1. The fourth-order valence-electron chi connectivity index (χ4n) is 3.29. The van der Waals surface area contributed by atoms with Crippen LogP contribution in [0.2, 0.25) is 0 Å². The van der Waals surface area contributed by atoms with Gasteiger partial charge in [0.2, 0.25) is 5.91 Å². The summed E-state index contributed by atoms with van der Waals surface area (Å²) in [4.78, 5) is 42.7. The molecule has 2 aromatic rings. The van der Waals surface area contributed by atoms with E-state index in [1.807, 2.05) is 18.2 Å². The van der Waals surface area contributed by atoms with Crippen LogP contribution in [0.15, 0.2) is 29.1 Å². The summed E-state index contributed by atoms with van der Waals surface area (Å²) in [5, 5.41) is 0.894. The molecule has 0 spiro atoms.